The number of aromatic carboxylic acids is 1. The molecule has 3 rings (SSSR count). The molecule has 20 heavy (non-hydrogen) atoms. The summed E-state index contributed by atoms with van der Waals surface area (Å²) in [6, 6.07) is 3.52. The topological polar surface area (TPSA) is 80.7 Å². The van der Waals surface area contributed by atoms with Crippen LogP contribution in [-0.4, -0.2) is 30.7 Å². The summed E-state index contributed by atoms with van der Waals surface area (Å²) in [5.74, 6) is -0.472. The van der Waals surface area contributed by atoms with E-state index in [4.69, 9.17) is 4.74 Å². The van der Waals surface area contributed by atoms with E-state index >= 15 is 0 Å². The summed E-state index contributed by atoms with van der Waals surface area (Å²) >= 11 is 0. The molecule has 2 aliphatic rings. The zero-order valence-electron chi connectivity index (χ0n) is 11.3. The highest BCUT2D eigenvalue weighted by molar-refractivity contribution is 7.91. The second-order valence-corrected chi connectivity index (χ2v) is 8.23. The Labute approximate surface area is 117 Å². The van der Waals surface area contributed by atoms with Crippen LogP contribution >= 0.6 is 0 Å². The van der Waals surface area contributed by atoms with Gasteiger partial charge in [0, 0.05) is 18.2 Å². The molecule has 1 aromatic rings. The van der Waals surface area contributed by atoms with Crippen molar-refractivity contribution in [2.75, 3.05) is 6.26 Å². The zero-order valence-corrected chi connectivity index (χ0v) is 12.2. The predicted octanol–water partition coefficient (Wildman–Crippen LogP) is 1.96. The summed E-state index contributed by atoms with van der Waals surface area (Å²) in [5.41, 5.74) is 1.72. The molecule has 1 aliphatic heterocycles. The average molecular weight is 296 g/mol. The lowest BCUT2D eigenvalue weighted by molar-refractivity contribution is 0.0690. The van der Waals surface area contributed by atoms with Crippen LogP contribution in [-0.2, 0) is 16.3 Å². The van der Waals surface area contributed by atoms with Crippen LogP contribution in [0.2, 0.25) is 0 Å². The standard InChI is InChI=1S/C14H16O5S/c1-14(20(2,17)18)7-10-5-9(8-3-4-8)6-11(13(15)16)12(10)19-14/h5-6,8H,3-4,7H2,1-2H3,(H,15,16). The molecular formula is C14H16O5S. The maximum atomic E-state index is 11.9. The third kappa shape index (κ3) is 1.98. The van der Waals surface area contributed by atoms with E-state index < -0.39 is 20.7 Å². The fraction of sp³-hybridized carbons (Fsp3) is 0.500. The van der Waals surface area contributed by atoms with Crippen molar-refractivity contribution in [3.05, 3.63) is 28.8 Å². The molecule has 6 heteroatoms. The van der Waals surface area contributed by atoms with Crippen molar-refractivity contribution in [3.8, 4) is 5.75 Å². The van der Waals surface area contributed by atoms with Gasteiger partial charge in [0.25, 0.3) is 0 Å². The molecule has 1 atom stereocenters. The van der Waals surface area contributed by atoms with Crippen LogP contribution in [0.1, 0.15) is 47.2 Å². The van der Waals surface area contributed by atoms with Crippen molar-refractivity contribution in [3.63, 3.8) is 0 Å². The Morgan fingerprint density at radius 2 is 2.05 bits per heavy atom. The lowest BCUT2D eigenvalue weighted by Gasteiger charge is -2.21. The average Bonchev–Trinajstić information content (AvgIpc) is 3.08. The van der Waals surface area contributed by atoms with Crippen LogP contribution in [0.15, 0.2) is 12.1 Å². The van der Waals surface area contributed by atoms with Crippen molar-refractivity contribution < 1.29 is 23.1 Å². The van der Waals surface area contributed by atoms with Crippen molar-refractivity contribution in [1.29, 1.82) is 0 Å². The Hall–Kier alpha value is -1.56. The van der Waals surface area contributed by atoms with E-state index in [9.17, 15) is 18.3 Å². The molecule has 0 spiro atoms. The van der Waals surface area contributed by atoms with E-state index in [0.717, 1.165) is 24.7 Å². The number of ether oxygens (including phenoxy) is 1. The van der Waals surface area contributed by atoms with Crippen molar-refractivity contribution >= 4 is 15.8 Å². The van der Waals surface area contributed by atoms with Gasteiger partial charge >= 0.3 is 5.97 Å². The minimum absolute atomic E-state index is 0.0665. The number of hydrogen-bond donors (Lipinski definition) is 1. The Balaban J connectivity index is 2.12. The van der Waals surface area contributed by atoms with Gasteiger partial charge in [-0.3, -0.25) is 0 Å². The first-order valence-electron chi connectivity index (χ1n) is 6.50. The molecule has 0 radical (unpaired) electrons. The lowest BCUT2D eigenvalue weighted by Crippen LogP contribution is -2.39. The van der Waals surface area contributed by atoms with Crippen molar-refractivity contribution in [1.82, 2.24) is 0 Å². The van der Waals surface area contributed by atoms with E-state index in [1.807, 2.05) is 6.07 Å². The molecule has 1 unspecified atom stereocenters. The highest BCUT2D eigenvalue weighted by Gasteiger charge is 2.46. The molecule has 0 saturated heterocycles. The Bertz CT molecular complexity index is 703. The van der Waals surface area contributed by atoms with Crippen molar-refractivity contribution in [2.24, 2.45) is 0 Å². The molecule has 0 bridgehead atoms. The van der Waals surface area contributed by atoms with Crippen LogP contribution in [0.4, 0.5) is 0 Å². The Morgan fingerprint density at radius 1 is 1.40 bits per heavy atom. The van der Waals surface area contributed by atoms with E-state index in [0.29, 0.717) is 11.5 Å². The van der Waals surface area contributed by atoms with Gasteiger partial charge in [0.1, 0.15) is 11.3 Å². The van der Waals surface area contributed by atoms with E-state index in [1.165, 1.54) is 6.92 Å². The number of carbonyl (C=O) groups is 1. The summed E-state index contributed by atoms with van der Waals surface area (Å²) < 4.78 is 29.3. The van der Waals surface area contributed by atoms with Gasteiger partial charge in [-0.05, 0) is 37.3 Å². The van der Waals surface area contributed by atoms with Crippen molar-refractivity contribution in [2.45, 2.75) is 37.0 Å². The van der Waals surface area contributed by atoms with Gasteiger partial charge in [-0.15, -0.1) is 0 Å². The molecule has 1 fully saturated rings. The molecule has 0 aromatic heterocycles. The molecule has 5 nitrogen and oxygen atoms in total. The first-order chi connectivity index (χ1) is 9.21. The largest absolute Gasteiger partial charge is 0.478 e. The summed E-state index contributed by atoms with van der Waals surface area (Å²) in [7, 11) is -3.44. The maximum absolute atomic E-state index is 11.9. The number of carboxylic acid groups (broad SMARTS) is 1. The van der Waals surface area contributed by atoms with Crippen LogP contribution in [0.25, 0.3) is 0 Å². The van der Waals surface area contributed by atoms with E-state index in [2.05, 4.69) is 0 Å². The first kappa shape index (κ1) is 13.4. The predicted molar refractivity (Wildman–Crippen MR) is 73.0 cm³/mol. The summed E-state index contributed by atoms with van der Waals surface area (Å²) in [5, 5.41) is 9.32. The fourth-order valence-corrected chi connectivity index (χ4v) is 3.23. The van der Waals surface area contributed by atoms with Crippen LogP contribution in [0, 0.1) is 0 Å². The molecule has 1 saturated carbocycles. The molecule has 108 valence electrons. The zero-order chi connectivity index (χ0) is 14.7. The van der Waals surface area contributed by atoms with Gasteiger partial charge < -0.3 is 9.84 Å². The normalized spacial score (nSPS) is 25.1. The van der Waals surface area contributed by atoms with E-state index in [-0.39, 0.29) is 17.7 Å². The molecule has 1 aromatic carbocycles. The summed E-state index contributed by atoms with van der Waals surface area (Å²) in [6.45, 7) is 1.49. The summed E-state index contributed by atoms with van der Waals surface area (Å²) in [4.78, 5) is 10.0. The van der Waals surface area contributed by atoms with Gasteiger partial charge in [-0.1, -0.05) is 6.07 Å². The number of sulfone groups is 1. The van der Waals surface area contributed by atoms with Gasteiger partial charge in [0.2, 0.25) is 4.93 Å². The van der Waals surface area contributed by atoms with Crippen LogP contribution in [0.5, 0.6) is 5.75 Å². The molecule has 0 amide bonds. The highest BCUT2D eigenvalue weighted by Crippen LogP contribution is 2.46. The monoisotopic (exact) mass is 296 g/mol. The number of hydrogen-bond acceptors (Lipinski definition) is 4. The number of benzene rings is 1. The van der Waals surface area contributed by atoms with Gasteiger partial charge in [0.05, 0.1) is 0 Å². The summed E-state index contributed by atoms with van der Waals surface area (Å²) in [6.07, 6.45) is 3.42. The minimum atomic E-state index is -3.44. The van der Waals surface area contributed by atoms with Gasteiger partial charge in [0.15, 0.2) is 9.84 Å². The first-order valence-corrected chi connectivity index (χ1v) is 8.39. The Morgan fingerprint density at radius 3 is 2.55 bits per heavy atom. The van der Waals surface area contributed by atoms with Gasteiger partial charge in [-0.25, -0.2) is 13.2 Å². The SMILES string of the molecule is CC1(S(C)(=O)=O)Cc2cc(C3CC3)cc(C(=O)O)c2O1. The second-order valence-electron chi connectivity index (χ2n) is 5.82. The molecule has 1 aliphatic carbocycles. The number of fused-ring (bicyclic) bond motifs is 1. The van der Waals surface area contributed by atoms with Gasteiger partial charge in [-0.2, -0.15) is 0 Å². The highest BCUT2D eigenvalue weighted by atomic mass is 32.2. The van der Waals surface area contributed by atoms with Crippen LogP contribution in [0.3, 0.4) is 0 Å². The molecular weight excluding hydrogens is 280 g/mol. The van der Waals surface area contributed by atoms with Crippen LogP contribution < -0.4 is 4.74 Å². The molecule has 1 heterocycles. The Kier molecular flexibility index (Phi) is 2.67. The van der Waals surface area contributed by atoms with E-state index in [1.54, 1.807) is 6.07 Å². The second kappa shape index (κ2) is 3.97. The molecule has 1 N–H and O–H groups in total. The third-order valence-corrected chi connectivity index (χ3v) is 5.88. The fourth-order valence-electron chi connectivity index (χ4n) is 2.58. The number of carboxylic acids is 1. The third-order valence-electron chi connectivity index (χ3n) is 4.08. The smallest absolute Gasteiger partial charge is 0.339 e. The number of rotatable bonds is 3. The maximum Gasteiger partial charge on any atom is 0.339 e. The quantitative estimate of drug-likeness (QED) is 0.922. The minimum Gasteiger partial charge on any atom is -0.478 e. The lowest BCUT2D eigenvalue weighted by atomic mass is 10.00.